The summed E-state index contributed by atoms with van der Waals surface area (Å²) < 4.78 is 32.4. The van der Waals surface area contributed by atoms with E-state index < -0.39 is 10.8 Å². The Morgan fingerprint density at radius 2 is 1.83 bits per heavy atom. The summed E-state index contributed by atoms with van der Waals surface area (Å²) in [4.78, 5) is 12.8. The van der Waals surface area contributed by atoms with Gasteiger partial charge in [-0.05, 0) is 62.4 Å². The Hall–Kier alpha value is -3.00. The zero-order valence-electron chi connectivity index (χ0n) is 16.0. The highest BCUT2D eigenvalue weighted by Crippen LogP contribution is 2.31. The van der Waals surface area contributed by atoms with Crippen LogP contribution in [0.3, 0.4) is 0 Å². The molecule has 29 heavy (non-hydrogen) atoms. The minimum atomic E-state index is -1.04. The molecular formula is C21H20FN3O3S. The molecule has 1 unspecified atom stereocenters. The third kappa shape index (κ3) is 4.07. The van der Waals surface area contributed by atoms with Gasteiger partial charge < -0.3 is 10.1 Å². The molecule has 3 aromatic rings. The molecule has 0 spiro atoms. The maximum atomic E-state index is 13.3. The third-order valence-corrected chi connectivity index (χ3v) is 5.67. The van der Waals surface area contributed by atoms with Crippen LogP contribution in [0.4, 0.5) is 10.2 Å². The molecule has 1 amide bonds. The van der Waals surface area contributed by atoms with Gasteiger partial charge in [0.15, 0.2) is 0 Å². The van der Waals surface area contributed by atoms with Crippen LogP contribution in [0.2, 0.25) is 0 Å². The van der Waals surface area contributed by atoms with Crippen molar-refractivity contribution < 1.29 is 18.1 Å². The van der Waals surface area contributed by atoms with Gasteiger partial charge in [0, 0.05) is 21.9 Å². The number of amides is 1. The van der Waals surface area contributed by atoms with Gasteiger partial charge in [-0.2, -0.15) is 5.10 Å². The van der Waals surface area contributed by atoms with E-state index in [9.17, 15) is 13.4 Å². The fraction of sp³-hybridized carbons (Fsp3) is 0.238. The molecule has 1 aliphatic heterocycles. The largest absolute Gasteiger partial charge is 0.491 e. The minimum absolute atomic E-state index is 0.0446. The van der Waals surface area contributed by atoms with Crippen LogP contribution in [0.15, 0.2) is 48.5 Å². The number of benzene rings is 2. The summed E-state index contributed by atoms with van der Waals surface area (Å²) in [6, 6.07) is 12.7. The van der Waals surface area contributed by atoms with Gasteiger partial charge in [0.2, 0.25) is 0 Å². The zero-order valence-corrected chi connectivity index (χ0v) is 16.8. The molecule has 1 atom stereocenters. The standard InChI is InChI=1S/C21H20FN3O3S/c1-13(2)28-17-9-3-14(4-10-17)21(26)23-20-18-11-29(27)12-19(18)24-25(20)16-7-5-15(22)6-8-16/h3-10,13H,11-12H2,1-2H3,(H,23,26). The second kappa shape index (κ2) is 7.79. The Morgan fingerprint density at radius 3 is 2.48 bits per heavy atom. The number of fused-ring (bicyclic) bond motifs is 1. The van der Waals surface area contributed by atoms with Crippen LogP contribution < -0.4 is 10.1 Å². The van der Waals surface area contributed by atoms with E-state index in [4.69, 9.17) is 4.74 Å². The average Bonchev–Trinajstić information content (AvgIpc) is 3.19. The van der Waals surface area contributed by atoms with Crippen molar-refractivity contribution in [3.63, 3.8) is 0 Å². The lowest BCUT2D eigenvalue weighted by molar-refractivity contribution is 0.102. The number of halogens is 1. The lowest BCUT2D eigenvalue weighted by Crippen LogP contribution is -2.16. The lowest BCUT2D eigenvalue weighted by Gasteiger charge is -2.12. The van der Waals surface area contributed by atoms with Crippen LogP contribution in [0.5, 0.6) is 5.75 Å². The number of anilines is 1. The first kappa shape index (κ1) is 19.3. The monoisotopic (exact) mass is 413 g/mol. The van der Waals surface area contributed by atoms with Crippen molar-refractivity contribution in [2.24, 2.45) is 0 Å². The number of hydrogen-bond donors (Lipinski definition) is 1. The van der Waals surface area contributed by atoms with E-state index in [1.54, 1.807) is 41.1 Å². The molecule has 2 aromatic carbocycles. The molecule has 2 heterocycles. The van der Waals surface area contributed by atoms with Gasteiger partial charge in [0.05, 0.1) is 29.0 Å². The number of hydrogen-bond acceptors (Lipinski definition) is 4. The minimum Gasteiger partial charge on any atom is -0.491 e. The molecule has 0 radical (unpaired) electrons. The SMILES string of the molecule is CC(C)Oc1ccc(C(=O)Nc2c3c(nn2-c2ccc(F)cc2)CS(=O)C3)cc1. The molecule has 0 aliphatic carbocycles. The van der Waals surface area contributed by atoms with Gasteiger partial charge in [0.1, 0.15) is 17.4 Å². The van der Waals surface area contributed by atoms with Crippen LogP contribution in [0.1, 0.15) is 35.5 Å². The molecule has 4 rings (SSSR count). The van der Waals surface area contributed by atoms with Gasteiger partial charge >= 0.3 is 0 Å². The smallest absolute Gasteiger partial charge is 0.256 e. The molecule has 1 aromatic heterocycles. The first-order chi connectivity index (χ1) is 13.9. The number of carbonyl (C=O) groups is 1. The summed E-state index contributed by atoms with van der Waals surface area (Å²) >= 11 is 0. The number of aromatic nitrogens is 2. The number of carbonyl (C=O) groups excluding carboxylic acids is 1. The highest BCUT2D eigenvalue weighted by atomic mass is 32.2. The second-order valence-electron chi connectivity index (χ2n) is 7.04. The van der Waals surface area contributed by atoms with E-state index in [-0.39, 0.29) is 17.8 Å². The van der Waals surface area contributed by atoms with Crippen molar-refractivity contribution >= 4 is 22.5 Å². The van der Waals surface area contributed by atoms with Gasteiger partial charge in [0.25, 0.3) is 5.91 Å². The van der Waals surface area contributed by atoms with E-state index >= 15 is 0 Å². The first-order valence-corrected chi connectivity index (χ1v) is 10.7. The summed E-state index contributed by atoms with van der Waals surface area (Å²) in [6.07, 6.45) is 0.0446. The van der Waals surface area contributed by atoms with Crippen LogP contribution in [-0.4, -0.2) is 26.0 Å². The van der Waals surface area contributed by atoms with Crippen LogP contribution in [0.25, 0.3) is 5.69 Å². The van der Waals surface area contributed by atoms with E-state index in [1.807, 2.05) is 13.8 Å². The number of nitrogens with one attached hydrogen (secondary N) is 1. The highest BCUT2D eigenvalue weighted by Gasteiger charge is 2.28. The van der Waals surface area contributed by atoms with Gasteiger partial charge in [-0.1, -0.05) is 0 Å². The molecule has 0 fully saturated rings. The number of rotatable bonds is 5. The van der Waals surface area contributed by atoms with Crippen LogP contribution >= 0.6 is 0 Å². The quantitative estimate of drug-likeness (QED) is 0.690. The van der Waals surface area contributed by atoms with E-state index in [0.717, 1.165) is 5.56 Å². The average molecular weight is 413 g/mol. The summed E-state index contributed by atoms with van der Waals surface area (Å²) in [5.41, 5.74) is 2.51. The van der Waals surface area contributed by atoms with Gasteiger partial charge in [-0.25, -0.2) is 9.07 Å². The van der Waals surface area contributed by atoms with Crippen molar-refractivity contribution in [3.8, 4) is 11.4 Å². The Morgan fingerprint density at radius 1 is 1.14 bits per heavy atom. The van der Waals surface area contributed by atoms with Crippen molar-refractivity contribution in [2.75, 3.05) is 5.32 Å². The van der Waals surface area contributed by atoms with E-state index in [2.05, 4.69) is 10.4 Å². The molecule has 1 aliphatic rings. The fourth-order valence-electron chi connectivity index (χ4n) is 3.16. The van der Waals surface area contributed by atoms with E-state index in [0.29, 0.717) is 40.0 Å². The Labute approximate surface area is 170 Å². The van der Waals surface area contributed by atoms with Gasteiger partial charge in [-0.15, -0.1) is 0 Å². The molecular weight excluding hydrogens is 393 g/mol. The lowest BCUT2D eigenvalue weighted by atomic mass is 10.2. The molecule has 6 nitrogen and oxygen atoms in total. The second-order valence-corrected chi connectivity index (χ2v) is 8.49. The molecule has 0 saturated carbocycles. The summed E-state index contributed by atoms with van der Waals surface area (Å²) in [5.74, 6) is 1.14. The normalized spacial score (nSPS) is 15.4. The Balaban J connectivity index is 1.64. The molecule has 0 saturated heterocycles. The van der Waals surface area contributed by atoms with Gasteiger partial charge in [-0.3, -0.25) is 9.00 Å². The summed E-state index contributed by atoms with van der Waals surface area (Å²) in [7, 11) is -1.04. The van der Waals surface area contributed by atoms with Crippen molar-refractivity contribution in [1.82, 2.24) is 9.78 Å². The topological polar surface area (TPSA) is 73.2 Å². The first-order valence-electron chi connectivity index (χ1n) is 9.20. The molecule has 8 heteroatoms. The van der Waals surface area contributed by atoms with E-state index in [1.165, 1.54) is 12.1 Å². The number of nitrogens with zero attached hydrogens (tertiary/aromatic N) is 2. The Kier molecular flexibility index (Phi) is 5.19. The summed E-state index contributed by atoms with van der Waals surface area (Å²) in [6.45, 7) is 3.86. The van der Waals surface area contributed by atoms with Crippen LogP contribution in [0, 0.1) is 5.82 Å². The predicted octanol–water partition coefficient (Wildman–Crippen LogP) is 3.81. The van der Waals surface area contributed by atoms with Crippen molar-refractivity contribution in [3.05, 3.63) is 71.2 Å². The van der Waals surface area contributed by atoms with Crippen molar-refractivity contribution in [1.29, 1.82) is 0 Å². The molecule has 0 bridgehead atoms. The van der Waals surface area contributed by atoms with Crippen molar-refractivity contribution in [2.45, 2.75) is 31.5 Å². The molecule has 1 N–H and O–H groups in total. The Bertz CT molecular complexity index is 1080. The van der Waals surface area contributed by atoms with Crippen LogP contribution in [-0.2, 0) is 22.3 Å². The summed E-state index contributed by atoms with van der Waals surface area (Å²) in [5, 5.41) is 7.39. The number of ether oxygens (including phenoxy) is 1. The highest BCUT2D eigenvalue weighted by molar-refractivity contribution is 7.83. The maximum absolute atomic E-state index is 13.3. The fourth-order valence-corrected chi connectivity index (χ4v) is 4.43. The zero-order chi connectivity index (χ0) is 20.5. The predicted molar refractivity (Wildman–Crippen MR) is 109 cm³/mol. The third-order valence-electron chi connectivity index (χ3n) is 4.46. The maximum Gasteiger partial charge on any atom is 0.256 e. The molecule has 150 valence electrons.